The molecular weight excluding hydrogens is 333 g/mol. The van der Waals surface area contributed by atoms with Gasteiger partial charge in [-0.25, -0.2) is 4.39 Å². The van der Waals surface area contributed by atoms with Gasteiger partial charge in [-0.3, -0.25) is 0 Å². The molecule has 1 N–H and O–H groups in total. The molecular formula is C14H12BrClFNO. The summed E-state index contributed by atoms with van der Waals surface area (Å²) in [6, 6.07) is 10.1. The van der Waals surface area contributed by atoms with Gasteiger partial charge in [0.15, 0.2) is 17.3 Å². The summed E-state index contributed by atoms with van der Waals surface area (Å²) in [6.07, 6.45) is 0. The number of ether oxygens (including phenoxy) is 1. The van der Waals surface area contributed by atoms with Gasteiger partial charge in [-0.15, -0.1) is 0 Å². The van der Waals surface area contributed by atoms with Crippen LogP contribution in [0.1, 0.15) is 5.56 Å². The maximum Gasteiger partial charge on any atom is 0.166 e. The Bertz CT molecular complexity index is 592. The second kappa shape index (κ2) is 6.37. The van der Waals surface area contributed by atoms with E-state index in [-0.39, 0.29) is 5.75 Å². The first-order chi connectivity index (χ1) is 9.11. The van der Waals surface area contributed by atoms with Crippen LogP contribution in [0.3, 0.4) is 0 Å². The van der Waals surface area contributed by atoms with E-state index in [1.54, 1.807) is 18.2 Å². The fourth-order valence-corrected chi connectivity index (χ4v) is 2.23. The van der Waals surface area contributed by atoms with E-state index < -0.39 is 5.82 Å². The molecule has 2 aromatic carbocycles. The summed E-state index contributed by atoms with van der Waals surface area (Å²) in [5.41, 5.74) is 0.873. The topological polar surface area (TPSA) is 21.3 Å². The number of hydrogen-bond acceptors (Lipinski definition) is 2. The number of para-hydroxylation sites is 1. The van der Waals surface area contributed by atoms with E-state index in [1.807, 2.05) is 19.2 Å². The minimum Gasteiger partial charge on any atom is -0.452 e. The highest BCUT2D eigenvalue weighted by Gasteiger charge is 2.12. The fraction of sp³-hybridized carbons (Fsp3) is 0.143. The van der Waals surface area contributed by atoms with Crippen LogP contribution in [-0.4, -0.2) is 7.05 Å². The number of halogens is 3. The zero-order valence-corrected chi connectivity index (χ0v) is 12.6. The van der Waals surface area contributed by atoms with E-state index in [4.69, 9.17) is 16.3 Å². The summed E-state index contributed by atoms with van der Waals surface area (Å²) in [5.74, 6) is 0.179. The molecule has 0 unspecified atom stereocenters. The Labute approximate surface area is 124 Å². The lowest BCUT2D eigenvalue weighted by Gasteiger charge is -2.13. The van der Waals surface area contributed by atoms with Crippen LogP contribution < -0.4 is 10.1 Å². The maximum atomic E-state index is 13.8. The predicted molar refractivity (Wildman–Crippen MR) is 78.4 cm³/mol. The number of nitrogens with one attached hydrogen (secondary N) is 1. The van der Waals surface area contributed by atoms with Crippen molar-refractivity contribution in [3.63, 3.8) is 0 Å². The largest absolute Gasteiger partial charge is 0.452 e. The molecule has 0 fully saturated rings. The Balaban J connectivity index is 2.37. The van der Waals surface area contributed by atoms with Gasteiger partial charge in [-0.05, 0) is 31.3 Å². The van der Waals surface area contributed by atoms with Crippen LogP contribution in [0.15, 0.2) is 40.9 Å². The van der Waals surface area contributed by atoms with Crippen LogP contribution in [0.25, 0.3) is 0 Å². The van der Waals surface area contributed by atoms with Gasteiger partial charge in [-0.1, -0.05) is 39.7 Å². The van der Waals surface area contributed by atoms with Gasteiger partial charge in [0.05, 0.1) is 5.02 Å². The first kappa shape index (κ1) is 14.3. The van der Waals surface area contributed by atoms with Crippen molar-refractivity contribution in [2.24, 2.45) is 0 Å². The molecule has 0 bridgehead atoms. The molecule has 2 nitrogen and oxygen atoms in total. The Morgan fingerprint density at radius 2 is 2.11 bits per heavy atom. The molecule has 0 saturated heterocycles. The van der Waals surface area contributed by atoms with Crippen molar-refractivity contribution in [3.8, 4) is 11.5 Å². The normalized spacial score (nSPS) is 10.5. The van der Waals surface area contributed by atoms with Gasteiger partial charge in [0.1, 0.15) is 0 Å². The lowest BCUT2D eigenvalue weighted by Crippen LogP contribution is -2.06. The summed E-state index contributed by atoms with van der Waals surface area (Å²) in [4.78, 5) is 0. The molecule has 0 aliphatic rings. The van der Waals surface area contributed by atoms with E-state index >= 15 is 0 Å². The maximum absolute atomic E-state index is 13.8. The molecule has 19 heavy (non-hydrogen) atoms. The number of hydrogen-bond donors (Lipinski definition) is 1. The third-order valence-corrected chi connectivity index (χ3v) is 3.31. The summed E-state index contributed by atoms with van der Waals surface area (Å²) < 4.78 is 20.0. The molecule has 0 radical (unpaired) electrons. The van der Waals surface area contributed by atoms with Crippen molar-refractivity contribution in [2.75, 3.05) is 7.05 Å². The van der Waals surface area contributed by atoms with E-state index in [0.29, 0.717) is 21.8 Å². The van der Waals surface area contributed by atoms with Crippen molar-refractivity contribution >= 4 is 27.5 Å². The summed E-state index contributed by atoms with van der Waals surface area (Å²) >= 11 is 9.32. The molecule has 0 saturated carbocycles. The monoisotopic (exact) mass is 343 g/mol. The van der Waals surface area contributed by atoms with Crippen molar-refractivity contribution < 1.29 is 9.13 Å². The summed E-state index contributed by atoms with van der Waals surface area (Å²) in [5, 5.41) is 3.47. The van der Waals surface area contributed by atoms with Crippen LogP contribution in [0, 0.1) is 5.82 Å². The van der Waals surface area contributed by atoms with Gasteiger partial charge in [0.25, 0.3) is 0 Å². The average Bonchev–Trinajstić information content (AvgIpc) is 2.36. The Kier molecular flexibility index (Phi) is 4.80. The van der Waals surface area contributed by atoms with Gasteiger partial charge >= 0.3 is 0 Å². The van der Waals surface area contributed by atoms with E-state index in [0.717, 1.165) is 5.56 Å². The second-order valence-corrected chi connectivity index (χ2v) is 5.26. The van der Waals surface area contributed by atoms with E-state index in [1.165, 1.54) is 6.07 Å². The molecule has 5 heteroatoms. The van der Waals surface area contributed by atoms with Crippen LogP contribution >= 0.6 is 27.5 Å². The Hall–Kier alpha value is -1.10. The third-order valence-electron chi connectivity index (χ3n) is 2.52. The minimum absolute atomic E-state index is 0.147. The molecule has 0 aliphatic heterocycles. The standard InChI is InChI=1S/C14H12BrClFNO/c1-18-8-9-3-2-4-11(16)14(9)19-13-6-5-10(15)7-12(13)17/h2-7,18H,8H2,1H3. The zero-order valence-electron chi connectivity index (χ0n) is 10.2. The highest BCUT2D eigenvalue weighted by Crippen LogP contribution is 2.34. The smallest absolute Gasteiger partial charge is 0.166 e. The summed E-state index contributed by atoms with van der Waals surface area (Å²) in [6.45, 7) is 0.591. The lowest BCUT2D eigenvalue weighted by atomic mass is 10.2. The first-order valence-electron chi connectivity index (χ1n) is 5.66. The Morgan fingerprint density at radius 1 is 1.32 bits per heavy atom. The van der Waals surface area contributed by atoms with Gasteiger partial charge < -0.3 is 10.1 Å². The molecule has 2 aromatic rings. The number of rotatable bonds is 4. The number of benzene rings is 2. The van der Waals surface area contributed by atoms with Crippen molar-refractivity contribution in [2.45, 2.75) is 6.54 Å². The molecule has 0 atom stereocenters. The van der Waals surface area contributed by atoms with E-state index in [2.05, 4.69) is 21.2 Å². The average molecular weight is 345 g/mol. The molecule has 0 amide bonds. The first-order valence-corrected chi connectivity index (χ1v) is 6.84. The molecule has 0 heterocycles. The molecule has 2 rings (SSSR count). The van der Waals surface area contributed by atoms with Crippen molar-refractivity contribution in [3.05, 3.63) is 57.3 Å². The van der Waals surface area contributed by atoms with Gasteiger partial charge in [0, 0.05) is 16.6 Å². The Morgan fingerprint density at radius 3 is 2.79 bits per heavy atom. The van der Waals surface area contributed by atoms with E-state index in [9.17, 15) is 4.39 Å². The minimum atomic E-state index is -0.440. The van der Waals surface area contributed by atoms with Gasteiger partial charge in [0.2, 0.25) is 0 Å². The highest BCUT2D eigenvalue weighted by molar-refractivity contribution is 9.10. The molecule has 100 valence electrons. The fourth-order valence-electron chi connectivity index (χ4n) is 1.67. The van der Waals surface area contributed by atoms with Crippen molar-refractivity contribution in [1.82, 2.24) is 5.32 Å². The summed E-state index contributed by atoms with van der Waals surface area (Å²) in [7, 11) is 1.82. The van der Waals surface area contributed by atoms with Gasteiger partial charge in [-0.2, -0.15) is 0 Å². The SMILES string of the molecule is CNCc1cccc(Cl)c1Oc1ccc(Br)cc1F. The molecule has 0 spiro atoms. The van der Waals surface area contributed by atoms with Crippen LogP contribution in [-0.2, 0) is 6.54 Å². The van der Waals surface area contributed by atoms with Crippen LogP contribution in [0.4, 0.5) is 4.39 Å². The lowest BCUT2D eigenvalue weighted by molar-refractivity contribution is 0.436. The van der Waals surface area contributed by atoms with Crippen LogP contribution in [0.5, 0.6) is 11.5 Å². The molecule has 0 aliphatic carbocycles. The highest BCUT2D eigenvalue weighted by atomic mass is 79.9. The quantitative estimate of drug-likeness (QED) is 0.864. The zero-order chi connectivity index (χ0) is 13.8. The van der Waals surface area contributed by atoms with Crippen LogP contribution in [0.2, 0.25) is 5.02 Å². The molecule has 0 aromatic heterocycles. The predicted octanol–water partition coefficient (Wildman–Crippen LogP) is 4.75. The second-order valence-electron chi connectivity index (χ2n) is 3.94. The van der Waals surface area contributed by atoms with Crippen molar-refractivity contribution in [1.29, 1.82) is 0 Å². The third kappa shape index (κ3) is 3.47.